The highest BCUT2D eigenvalue weighted by Crippen LogP contribution is 2.22. The molecular weight excluding hydrogens is 314 g/mol. The summed E-state index contributed by atoms with van der Waals surface area (Å²) in [5.41, 5.74) is 1.95. The summed E-state index contributed by atoms with van der Waals surface area (Å²) in [7, 11) is 1.88. The maximum Gasteiger partial charge on any atom is 0.163 e. The Kier molecular flexibility index (Phi) is 4.21. The van der Waals surface area contributed by atoms with Crippen LogP contribution < -0.4 is 10.2 Å². The largest absolute Gasteiger partial charge is 0.365 e. The number of aromatic nitrogens is 5. The first kappa shape index (κ1) is 15.8. The highest BCUT2D eigenvalue weighted by molar-refractivity contribution is 5.85. The van der Waals surface area contributed by atoms with Crippen molar-refractivity contribution in [3.63, 3.8) is 0 Å². The molecule has 0 unspecified atom stereocenters. The average molecular weight is 337 g/mol. The normalized spacial score (nSPS) is 15.7. The molecule has 130 valence electrons. The number of nitrogens with one attached hydrogen (secondary N) is 1. The van der Waals surface area contributed by atoms with E-state index in [0.29, 0.717) is 6.54 Å². The molecule has 0 spiro atoms. The maximum absolute atomic E-state index is 4.64. The fourth-order valence-electron chi connectivity index (χ4n) is 3.23. The monoisotopic (exact) mass is 337 g/mol. The van der Waals surface area contributed by atoms with Crippen LogP contribution in [-0.2, 0) is 13.6 Å². The van der Waals surface area contributed by atoms with E-state index in [-0.39, 0.29) is 0 Å². The van der Waals surface area contributed by atoms with Crippen molar-refractivity contribution in [2.45, 2.75) is 26.3 Å². The molecular formula is C18H23N7. The fourth-order valence-corrected chi connectivity index (χ4v) is 3.23. The van der Waals surface area contributed by atoms with Gasteiger partial charge >= 0.3 is 0 Å². The first-order chi connectivity index (χ1) is 12.2. The maximum atomic E-state index is 4.64. The molecule has 0 aromatic carbocycles. The Morgan fingerprint density at radius 1 is 1.12 bits per heavy atom. The van der Waals surface area contributed by atoms with Gasteiger partial charge < -0.3 is 10.2 Å². The van der Waals surface area contributed by atoms with Crippen LogP contribution in [0.1, 0.15) is 25.3 Å². The highest BCUT2D eigenvalue weighted by atomic mass is 15.3. The molecule has 1 saturated heterocycles. The molecule has 4 rings (SSSR count). The van der Waals surface area contributed by atoms with Crippen LogP contribution in [0.4, 0.5) is 11.6 Å². The van der Waals surface area contributed by atoms with E-state index in [1.54, 1.807) is 17.2 Å². The Morgan fingerprint density at radius 3 is 2.72 bits per heavy atom. The van der Waals surface area contributed by atoms with Crippen molar-refractivity contribution < 1.29 is 0 Å². The first-order valence-electron chi connectivity index (χ1n) is 8.77. The van der Waals surface area contributed by atoms with Crippen molar-refractivity contribution in [3.05, 3.63) is 36.4 Å². The topological polar surface area (TPSA) is 71.8 Å². The Morgan fingerprint density at radius 2 is 1.96 bits per heavy atom. The number of piperidine rings is 1. The lowest BCUT2D eigenvalue weighted by molar-refractivity contribution is 0.436. The van der Waals surface area contributed by atoms with Gasteiger partial charge in [-0.3, -0.25) is 4.68 Å². The SMILES string of the molecule is CC1CCN(c2ccc(CNc3ncnc4c3cnn4C)cn2)CC1. The lowest BCUT2D eigenvalue weighted by atomic mass is 9.99. The molecule has 4 heterocycles. The number of pyridine rings is 1. The van der Waals surface area contributed by atoms with Crippen molar-refractivity contribution >= 4 is 22.7 Å². The quantitative estimate of drug-likeness (QED) is 0.789. The van der Waals surface area contributed by atoms with E-state index in [4.69, 9.17) is 0 Å². The van der Waals surface area contributed by atoms with E-state index >= 15 is 0 Å². The highest BCUT2D eigenvalue weighted by Gasteiger charge is 2.16. The van der Waals surface area contributed by atoms with Crippen LogP contribution in [0.3, 0.4) is 0 Å². The first-order valence-corrected chi connectivity index (χ1v) is 8.77. The smallest absolute Gasteiger partial charge is 0.163 e. The van der Waals surface area contributed by atoms with Gasteiger partial charge in [0, 0.05) is 32.9 Å². The van der Waals surface area contributed by atoms with Crippen LogP contribution in [-0.4, -0.2) is 37.8 Å². The summed E-state index contributed by atoms with van der Waals surface area (Å²) in [5.74, 6) is 2.71. The molecule has 1 N–H and O–H groups in total. The average Bonchev–Trinajstić information content (AvgIpc) is 3.03. The van der Waals surface area contributed by atoms with Crippen molar-refractivity contribution in [3.8, 4) is 0 Å². The summed E-state index contributed by atoms with van der Waals surface area (Å²) in [6.45, 7) is 5.20. The van der Waals surface area contributed by atoms with E-state index in [2.05, 4.69) is 49.3 Å². The zero-order chi connectivity index (χ0) is 17.2. The molecule has 25 heavy (non-hydrogen) atoms. The van der Waals surface area contributed by atoms with Gasteiger partial charge in [-0.25, -0.2) is 15.0 Å². The zero-order valence-electron chi connectivity index (χ0n) is 14.7. The Balaban J connectivity index is 1.43. The van der Waals surface area contributed by atoms with Crippen LogP contribution in [0.2, 0.25) is 0 Å². The number of hydrogen-bond acceptors (Lipinski definition) is 6. The van der Waals surface area contributed by atoms with Gasteiger partial charge in [-0.1, -0.05) is 13.0 Å². The standard InChI is InChI=1S/C18H23N7/c1-13-5-7-25(8-6-13)16-4-3-14(9-19-16)10-20-17-15-11-23-24(2)18(15)22-12-21-17/h3-4,9,11-13H,5-8,10H2,1-2H3,(H,20,21,22). The predicted molar refractivity (Wildman–Crippen MR) is 98.5 cm³/mol. The molecule has 1 aliphatic heterocycles. The van der Waals surface area contributed by atoms with E-state index < -0.39 is 0 Å². The summed E-state index contributed by atoms with van der Waals surface area (Å²) >= 11 is 0. The second kappa shape index (κ2) is 6.66. The fraction of sp³-hybridized carbons (Fsp3) is 0.444. The minimum absolute atomic E-state index is 0.672. The van der Waals surface area contributed by atoms with Crippen LogP contribution in [0.15, 0.2) is 30.9 Å². The second-order valence-corrected chi connectivity index (χ2v) is 6.78. The summed E-state index contributed by atoms with van der Waals surface area (Å²) in [5, 5.41) is 8.53. The van der Waals surface area contributed by atoms with Gasteiger partial charge in [0.05, 0.1) is 11.6 Å². The summed E-state index contributed by atoms with van der Waals surface area (Å²) in [6, 6.07) is 4.25. The molecule has 0 aliphatic carbocycles. The second-order valence-electron chi connectivity index (χ2n) is 6.78. The van der Waals surface area contributed by atoms with Crippen molar-refractivity contribution in [1.82, 2.24) is 24.7 Å². The van der Waals surface area contributed by atoms with Crippen molar-refractivity contribution in [2.75, 3.05) is 23.3 Å². The molecule has 3 aromatic heterocycles. The van der Waals surface area contributed by atoms with E-state index in [0.717, 1.165) is 47.2 Å². The predicted octanol–water partition coefficient (Wildman–Crippen LogP) is 2.61. The number of nitrogens with zero attached hydrogens (tertiary/aromatic N) is 6. The van der Waals surface area contributed by atoms with Gasteiger partial charge in [0.1, 0.15) is 18.0 Å². The number of fused-ring (bicyclic) bond motifs is 1. The number of rotatable bonds is 4. The summed E-state index contributed by atoms with van der Waals surface area (Å²) in [6.07, 6.45) is 7.79. The summed E-state index contributed by atoms with van der Waals surface area (Å²) in [4.78, 5) is 15.6. The Bertz CT molecular complexity index is 847. The van der Waals surface area contributed by atoms with Crippen molar-refractivity contribution in [1.29, 1.82) is 0 Å². The Labute approximate surface area is 147 Å². The third-order valence-corrected chi connectivity index (χ3v) is 4.91. The number of anilines is 2. The molecule has 1 fully saturated rings. The molecule has 1 aliphatic rings. The van der Waals surface area contributed by atoms with Gasteiger partial charge in [0.15, 0.2) is 5.65 Å². The van der Waals surface area contributed by atoms with Crippen LogP contribution in [0, 0.1) is 5.92 Å². The third-order valence-electron chi connectivity index (χ3n) is 4.91. The molecule has 0 radical (unpaired) electrons. The molecule has 7 heteroatoms. The van der Waals surface area contributed by atoms with Gasteiger partial charge in [0.25, 0.3) is 0 Å². The van der Waals surface area contributed by atoms with Crippen LogP contribution in [0.5, 0.6) is 0 Å². The van der Waals surface area contributed by atoms with Crippen molar-refractivity contribution in [2.24, 2.45) is 13.0 Å². The van der Waals surface area contributed by atoms with E-state index in [1.165, 1.54) is 12.8 Å². The molecule has 0 atom stereocenters. The zero-order valence-corrected chi connectivity index (χ0v) is 14.7. The lowest BCUT2D eigenvalue weighted by Crippen LogP contribution is -2.33. The van der Waals surface area contributed by atoms with E-state index in [9.17, 15) is 0 Å². The molecule has 7 nitrogen and oxygen atoms in total. The van der Waals surface area contributed by atoms with Gasteiger partial charge in [-0.15, -0.1) is 0 Å². The molecule has 0 saturated carbocycles. The minimum atomic E-state index is 0.672. The number of aryl methyl sites for hydroxylation is 1. The van der Waals surface area contributed by atoms with E-state index in [1.807, 2.05) is 13.2 Å². The molecule has 0 amide bonds. The lowest BCUT2D eigenvalue weighted by Gasteiger charge is -2.31. The Hall–Kier alpha value is -2.70. The van der Waals surface area contributed by atoms with Gasteiger partial charge in [-0.2, -0.15) is 5.10 Å². The molecule has 3 aromatic rings. The number of hydrogen-bond donors (Lipinski definition) is 1. The van der Waals surface area contributed by atoms with Gasteiger partial charge in [-0.05, 0) is 30.4 Å². The molecule has 0 bridgehead atoms. The minimum Gasteiger partial charge on any atom is -0.365 e. The summed E-state index contributed by atoms with van der Waals surface area (Å²) < 4.78 is 1.75. The third kappa shape index (κ3) is 3.26. The van der Waals surface area contributed by atoms with Crippen LogP contribution >= 0.6 is 0 Å². The van der Waals surface area contributed by atoms with Crippen LogP contribution in [0.25, 0.3) is 11.0 Å². The van der Waals surface area contributed by atoms with Gasteiger partial charge in [0.2, 0.25) is 0 Å².